The fourth-order valence-corrected chi connectivity index (χ4v) is 15.9. The van der Waals surface area contributed by atoms with Crippen LogP contribution in [-0.4, -0.2) is 29.1 Å². The lowest BCUT2D eigenvalue weighted by Crippen LogP contribution is -2.01. The number of allylic oxidation sites excluding steroid dienone is 2. The molecule has 4 aromatic heterocycles. The molecule has 0 atom stereocenters. The Morgan fingerprint density at radius 2 is 0.794 bits per heavy atom. The number of hydrogen-bond acceptors (Lipinski definition) is 6. The van der Waals surface area contributed by atoms with E-state index in [1.807, 2.05) is 42.5 Å². The van der Waals surface area contributed by atoms with Crippen LogP contribution in [0.3, 0.4) is 0 Å². The zero-order valence-electron chi connectivity index (χ0n) is 51.4. The first-order valence-corrected chi connectivity index (χ1v) is 33.3. The van der Waals surface area contributed by atoms with Crippen LogP contribution in [0.1, 0.15) is 33.6 Å². The molecule has 20 rings (SSSR count). The van der Waals surface area contributed by atoms with Gasteiger partial charge >= 0.3 is 11.6 Å². The largest absolute Gasteiger partial charge is 0.358 e. The van der Waals surface area contributed by atoms with Gasteiger partial charge in [0.1, 0.15) is 23.2 Å². The first-order valence-electron chi connectivity index (χ1n) is 31.7. The quantitative estimate of drug-likeness (QED) is 0.0966. The Labute approximate surface area is 571 Å². The second kappa shape index (κ2) is 22.7. The molecule has 2 aliphatic rings. The number of rotatable bonds is 2. The van der Waals surface area contributed by atoms with Gasteiger partial charge in [-0.15, -0.1) is 9.97 Å². The zero-order valence-corrected chi connectivity index (χ0v) is 54.6. The molecule has 0 fully saturated rings. The maximum Gasteiger partial charge on any atom is 0.307 e. The number of nitriles is 2. The molecule has 0 bridgehead atoms. The lowest BCUT2D eigenvalue weighted by atomic mass is 9.89. The SMILES string of the molecule is C1=CCc2c(ccc3c2Cc2ccccc2-3)C1.[C-]#[N+]c1nc2c3ccc(-n4c5ccccc5c5ccc6ccccc6c54)cc3c3cc(-n4c5ccccc5c5ccc6ccccc6c54)ccc3c2nc1C#N.[C-]#[N+]c1nc2c3ccc(Br)cc3c3cc(Br)ccc3c2nc1C#N. The van der Waals surface area contributed by atoms with Crippen LogP contribution >= 0.6 is 31.9 Å². The number of hydrogen-bond donors (Lipinski definition) is 0. The van der Waals surface area contributed by atoms with E-state index < -0.39 is 0 Å². The number of benzene rings is 14. The molecule has 2 aliphatic carbocycles. The van der Waals surface area contributed by atoms with E-state index in [-0.39, 0.29) is 23.0 Å². The highest BCUT2D eigenvalue weighted by Gasteiger charge is 2.26. The number of para-hydroxylation sites is 2. The second-order valence-electron chi connectivity index (χ2n) is 24.5. The van der Waals surface area contributed by atoms with Crippen molar-refractivity contribution in [3.8, 4) is 34.6 Å². The topological polar surface area (TPSA) is 118 Å². The van der Waals surface area contributed by atoms with Gasteiger partial charge in [0.25, 0.3) is 0 Å². The van der Waals surface area contributed by atoms with Gasteiger partial charge in [0.15, 0.2) is 22.4 Å². The van der Waals surface area contributed by atoms with Gasteiger partial charge in [-0.1, -0.05) is 209 Å². The summed E-state index contributed by atoms with van der Waals surface area (Å²) in [5.41, 5.74) is 18.2. The zero-order chi connectivity index (χ0) is 65.2. The van der Waals surface area contributed by atoms with Crippen molar-refractivity contribution in [2.45, 2.75) is 19.3 Å². The Balaban J connectivity index is 0.000000135. The van der Waals surface area contributed by atoms with Crippen molar-refractivity contribution < 1.29 is 0 Å². The molecule has 0 radical (unpaired) electrons. The van der Waals surface area contributed by atoms with E-state index in [1.54, 1.807) is 11.1 Å². The molecule has 4 heterocycles. The van der Waals surface area contributed by atoms with Gasteiger partial charge in [-0.3, -0.25) is 0 Å². The highest BCUT2D eigenvalue weighted by Crippen LogP contribution is 2.45. The molecular weight excluding hydrogens is 1320 g/mol. The molecule has 0 spiro atoms. The van der Waals surface area contributed by atoms with Gasteiger partial charge in [0.05, 0.1) is 22.1 Å². The van der Waals surface area contributed by atoms with Crippen LogP contribution in [0.15, 0.2) is 252 Å². The maximum absolute atomic E-state index is 10.0. The van der Waals surface area contributed by atoms with E-state index in [0.717, 1.165) is 105 Å². The molecule has 10 nitrogen and oxygen atoms in total. The summed E-state index contributed by atoms with van der Waals surface area (Å²) in [6, 6.07) is 85.5. The van der Waals surface area contributed by atoms with E-state index in [2.05, 4.69) is 273 Å². The predicted octanol–water partition coefficient (Wildman–Crippen LogP) is 22.7. The third-order valence-corrected chi connectivity index (χ3v) is 20.4. The van der Waals surface area contributed by atoms with Gasteiger partial charge in [-0.05, 0) is 164 Å². The molecule has 0 saturated heterocycles. The third-order valence-electron chi connectivity index (χ3n) is 19.4. The Kier molecular flexibility index (Phi) is 13.4. The number of halogens is 2. The van der Waals surface area contributed by atoms with Crippen LogP contribution in [0, 0.1) is 35.8 Å². The average molecular weight is 1370 g/mol. The Hall–Kier alpha value is -12.4. The second-order valence-corrected chi connectivity index (χ2v) is 26.3. The van der Waals surface area contributed by atoms with Crippen LogP contribution in [0.5, 0.6) is 0 Å². The first-order chi connectivity index (χ1) is 47.7. The van der Waals surface area contributed by atoms with E-state index >= 15 is 0 Å². The molecule has 0 amide bonds. The third kappa shape index (κ3) is 9.00. The molecule has 97 heavy (non-hydrogen) atoms. The summed E-state index contributed by atoms with van der Waals surface area (Å²) in [5, 5.41) is 36.3. The van der Waals surface area contributed by atoms with E-state index in [4.69, 9.17) is 23.1 Å². The molecule has 0 unspecified atom stereocenters. The van der Waals surface area contributed by atoms with Crippen LogP contribution in [0.4, 0.5) is 11.6 Å². The summed E-state index contributed by atoms with van der Waals surface area (Å²) < 4.78 is 6.67. The summed E-state index contributed by atoms with van der Waals surface area (Å²) in [5.74, 6) is 0.0399. The smallest absolute Gasteiger partial charge is 0.307 e. The molecule has 0 saturated carbocycles. The summed E-state index contributed by atoms with van der Waals surface area (Å²) >= 11 is 7.02. The highest BCUT2D eigenvalue weighted by molar-refractivity contribution is 9.10. The Morgan fingerprint density at radius 3 is 1.31 bits per heavy atom. The monoisotopic (exact) mass is 1360 g/mol. The van der Waals surface area contributed by atoms with Crippen molar-refractivity contribution in [3.63, 3.8) is 0 Å². The van der Waals surface area contributed by atoms with Crippen LogP contribution in [-0.2, 0) is 19.3 Å². The number of fused-ring (bicyclic) bond motifs is 27. The van der Waals surface area contributed by atoms with Gasteiger partial charge < -0.3 is 18.8 Å². The first kappa shape index (κ1) is 57.3. The minimum atomic E-state index is 0.00683. The van der Waals surface area contributed by atoms with Gasteiger partial charge in [0.2, 0.25) is 0 Å². The maximum atomic E-state index is 10.0. The summed E-state index contributed by atoms with van der Waals surface area (Å²) in [4.78, 5) is 25.4. The lowest BCUT2D eigenvalue weighted by molar-refractivity contribution is 1.05. The summed E-state index contributed by atoms with van der Waals surface area (Å²) in [7, 11) is 0. The lowest BCUT2D eigenvalue weighted by Gasteiger charge is -2.15. The van der Waals surface area contributed by atoms with E-state index in [0.29, 0.717) is 22.1 Å². The molecule has 14 aromatic carbocycles. The summed E-state index contributed by atoms with van der Waals surface area (Å²) in [6.07, 6.45) is 7.95. The van der Waals surface area contributed by atoms with Crippen molar-refractivity contribution in [2.24, 2.45) is 0 Å². The molecule has 12 heteroatoms. The molecular formula is C85H46Br2N10. The van der Waals surface area contributed by atoms with Crippen LogP contribution in [0.2, 0.25) is 0 Å². The van der Waals surface area contributed by atoms with Crippen molar-refractivity contribution >= 4 is 174 Å². The normalized spacial score (nSPS) is 12.2. The fraction of sp³-hybridized carbons (Fsp3) is 0.0353. The van der Waals surface area contributed by atoms with Crippen molar-refractivity contribution in [2.75, 3.05) is 0 Å². The van der Waals surface area contributed by atoms with Crippen molar-refractivity contribution in [1.82, 2.24) is 29.1 Å². The van der Waals surface area contributed by atoms with E-state index in [9.17, 15) is 10.5 Å². The fourth-order valence-electron chi connectivity index (χ4n) is 15.2. The highest BCUT2D eigenvalue weighted by atomic mass is 79.9. The van der Waals surface area contributed by atoms with Gasteiger partial charge in [-0.2, -0.15) is 10.5 Å². The molecule has 0 aliphatic heterocycles. The minimum absolute atomic E-state index is 0.00683. The molecule has 18 aromatic rings. The standard InChI is InChI=1S/C50H26N6.C18H6Br2N4.C17H14/c1-52-50-43(28-51)53-46-37-24-20-31(55-44-16-8-6-14-35(44)39-22-18-29-10-2-4-12-33(29)48(39)55)26-41(37)42-27-32(21-25-38(42)47(46)54-50)56-45-17-9-7-15-36(45)40-23-19-30-11-3-5-13-34(30)49(40)56;1-22-18-15(8-21)23-16-11-4-2-9(19)6-13(11)14-7-10(20)3-5-12(14)17(16)24-18;1-3-7-14-12(5-1)9-10-16-15-8-4-2-6-13(15)11-17(14)16/h2-27H;2-7H;1-4,6,8-10H,5,7,11H2. The van der Waals surface area contributed by atoms with Crippen LogP contribution in [0.25, 0.3) is 163 Å². The van der Waals surface area contributed by atoms with Crippen LogP contribution < -0.4 is 0 Å². The average Bonchev–Trinajstić information content (AvgIpc) is 1.70. The van der Waals surface area contributed by atoms with E-state index in [1.165, 1.54) is 65.3 Å². The Bertz CT molecular complexity index is 6420. The molecule has 0 N–H and O–H groups in total. The predicted molar refractivity (Wildman–Crippen MR) is 401 cm³/mol. The van der Waals surface area contributed by atoms with Crippen molar-refractivity contribution in [1.29, 1.82) is 10.5 Å². The number of aromatic nitrogens is 6. The van der Waals surface area contributed by atoms with Crippen molar-refractivity contribution in [3.05, 3.63) is 308 Å². The van der Waals surface area contributed by atoms with Gasteiger partial charge in [0, 0.05) is 74.2 Å². The Morgan fingerprint density at radius 1 is 0.361 bits per heavy atom. The summed E-state index contributed by atoms with van der Waals surface area (Å²) in [6.45, 7) is 15.1. The molecule has 450 valence electrons. The number of nitrogens with zero attached hydrogens (tertiary/aromatic N) is 10. The minimum Gasteiger partial charge on any atom is -0.358 e. The van der Waals surface area contributed by atoms with Gasteiger partial charge in [-0.25, -0.2) is 9.97 Å².